The number of halogens is 1. The summed E-state index contributed by atoms with van der Waals surface area (Å²) < 4.78 is 33.2. The summed E-state index contributed by atoms with van der Waals surface area (Å²) in [6.45, 7) is 8.08. The highest BCUT2D eigenvalue weighted by Gasteiger charge is 2.24. The molecule has 1 aliphatic rings. The van der Waals surface area contributed by atoms with Gasteiger partial charge in [0, 0.05) is 63.1 Å². The maximum absolute atomic E-state index is 12.8. The van der Waals surface area contributed by atoms with E-state index < -0.39 is 10.0 Å². The molecule has 1 fully saturated rings. The lowest BCUT2D eigenvalue weighted by molar-refractivity contribution is 0.312. The van der Waals surface area contributed by atoms with Gasteiger partial charge in [-0.15, -0.1) is 0 Å². The third kappa shape index (κ3) is 6.60. The van der Waals surface area contributed by atoms with Crippen molar-refractivity contribution in [1.29, 1.82) is 0 Å². The van der Waals surface area contributed by atoms with Crippen molar-refractivity contribution in [3.8, 4) is 5.75 Å². The molecule has 228 valence electrons. The number of sulfonamides is 1. The summed E-state index contributed by atoms with van der Waals surface area (Å²) in [5.41, 5.74) is 5.06. The second-order valence-electron chi connectivity index (χ2n) is 10.3. The van der Waals surface area contributed by atoms with Gasteiger partial charge in [0.1, 0.15) is 22.8 Å². The highest BCUT2D eigenvalue weighted by atomic mass is 79.9. The number of hydrogen-bond donors (Lipinski definition) is 2. The van der Waals surface area contributed by atoms with Crippen molar-refractivity contribution >= 4 is 71.5 Å². The van der Waals surface area contributed by atoms with E-state index in [1.54, 1.807) is 44.8 Å². The molecule has 0 saturated carbocycles. The minimum Gasteiger partial charge on any atom is -0.494 e. The van der Waals surface area contributed by atoms with Crippen LogP contribution in [0.1, 0.15) is 19.4 Å². The molecule has 0 amide bonds. The van der Waals surface area contributed by atoms with E-state index in [1.807, 2.05) is 0 Å². The number of benzene rings is 2. The Morgan fingerprint density at radius 2 is 1.77 bits per heavy atom. The molecule has 14 heteroatoms. The van der Waals surface area contributed by atoms with Crippen LogP contribution in [0.4, 0.5) is 34.5 Å². The monoisotopic (exact) mass is 669 g/mol. The van der Waals surface area contributed by atoms with Crippen LogP contribution < -0.4 is 24.6 Å². The number of rotatable bonds is 10. The van der Waals surface area contributed by atoms with E-state index in [4.69, 9.17) is 9.72 Å². The zero-order chi connectivity index (χ0) is 30.7. The van der Waals surface area contributed by atoms with Crippen LogP contribution in [0.5, 0.6) is 5.75 Å². The van der Waals surface area contributed by atoms with Gasteiger partial charge in [0.05, 0.1) is 34.7 Å². The van der Waals surface area contributed by atoms with Crippen molar-refractivity contribution in [2.45, 2.75) is 20.3 Å². The Kier molecular flexibility index (Phi) is 9.18. The molecule has 12 nitrogen and oxygen atoms in total. The molecule has 2 N–H and O–H groups in total. The molecule has 5 rings (SSSR count). The predicted molar refractivity (Wildman–Crippen MR) is 176 cm³/mol. The van der Waals surface area contributed by atoms with Crippen molar-refractivity contribution < 1.29 is 13.2 Å². The van der Waals surface area contributed by atoms with Gasteiger partial charge < -0.3 is 25.2 Å². The van der Waals surface area contributed by atoms with Crippen molar-refractivity contribution in [3.05, 3.63) is 52.9 Å². The number of nitrogens with zero attached hydrogens (tertiary/aromatic N) is 7. The van der Waals surface area contributed by atoms with Crippen molar-refractivity contribution in [1.82, 2.24) is 24.8 Å². The Hall–Kier alpha value is -3.75. The van der Waals surface area contributed by atoms with Gasteiger partial charge >= 0.3 is 0 Å². The Morgan fingerprint density at radius 1 is 1.02 bits per heavy atom. The van der Waals surface area contributed by atoms with Crippen LogP contribution in [0, 0.1) is 0 Å². The minimum absolute atomic E-state index is 0.213. The van der Waals surface area contributed by atoms with Crippen LogP contribution in [0.2, 0.25) is 0 Å². The number of aromatic nitrogens is 4. The van der Waals surface area contributed by atoms with Gasteiger partial charge in [-0.1, -0.05) is 6.92 Å². The van der Waals surface area contributed by atoms with Crippen LogP contribution in [0.25, 0.3) is 11.0 Å². The summed E-state index contributed by atoms with van der Waals surface area (Å²) in [5.74, 6) is 1.47. The Balaban J connectivity index is 1.50. The average Bonchev–Trinajstić information content (AvgIpc) is 2.99. The fourth-order valence-corrected chi connectivity index (χ4v) is 6.48. The summed E-state index contributed by atoms with van der Waals surface area (Å²) in [4.78, 5) is 22.8. The van der Waals surface area contributed by atoms with Crippen molar-refractivity contribution in [2.24, 2.45) is 0 Å². The first-order valence-electron chi connectivity index (χ1n) is 14.0. The molecule has 0 atom stereocenters. The summed E-state index contributed by atoms with van der Waals surface area (Å²) in [6, 6.07) is 7.74. The van der Waals surface area contributed by atoms with Gasteiger partial charge in [0.25, 0.3) is 0 Å². The van der Waals surface area contributed by atoms with Gasteiger partial charge in [-0.05, 0) is 60.1 Å². The molecule has 0 spiro atoms. The first kappa shape index (κ1) is 30.7. The van der Waals surface area contributed by atoms with Gasteiger partial charge in [-0.2, -0.15) is 4.98 Å². The first-order chi connectivity index (χ1) is 20.6. The van der Waals surface area contributed by atoms with E-state index in [2.05, 4.69) is 77.4 Å². The van der Waals surface area contributed by atoms with E-state index in [-0.39, 0.29) is 6.54 Å². The largest absolute Gasteiger partial charge is 0.494 e. The Labute approximate surface area is 260 Å². The van der Waals surface area contributed by atoms with E-state index in [1.165, 1.54) is 21.8 Å². The maximum Gasteiger partial charge on any atom is 0.232 e. The molecular weight excluding hydrogens is 634 g/mol. The van der Waals surface area contributed by atoms with Crippen LogP contribution in [0.15, 0.2) is 47.3 Å². The number of likely N-dealkylation sites (N-methyl/N-ethyl adjacent to an activating group) is 1. The van der Waals surface area contributed by atoms with Gasteiger partial charge in [0.2, 0.25) is 16.0 Å². The van der Waals surface area contributed by atoms with Crippen LogP contribution in [-0.2, 0) is 16.4 Å². The van der Waals surface area contributed by atoms with Crippen LogP contribution >= 0.6 is 15.9 Å². The number of piperazine rings is 1. The number of methoxy groups -OCH3 is 1. The third-order valence-corrected chi connectivity index (χ3v) is 9.24. The quantitative estimate of drug-likeness (QED) is 0.242. The number of fused-ring (bicyclic) bond motifs is 1. The molecule has 2 aromatic carbocycles. The molecule has 4 aromatic rings. The zero-order valence-corrected chi connectivity index (χ0v) is 27.3. The highest BCUT2D eigenvalue weighted by Crippen LogP contribution is 2.39. The van der Waals surface area contributed by atoms with E-state index in [0.29, 0.717) is 44.4 Å². The zero-order valence-electron chi connectivity index (χ0n) is 24.9. The Bertz CT molecular complexity index is 1730. The lowest BCUT2D eigenvalue weighted by Crippen LogP contribution is -2.44. The van der Waals surface area contributed by atoms with E-state index >= 15 is 0 Å². The number of nitrogens with one attached hydrogen (secondary N) is 2. The van der Waals surface area contributed by atoms with Crippen LogP contribution in [0.3, 0.4) is 0 Å². The number of hydrogen-bond acceptors (Lipinski definition) is 11. The van der Waals surface area contributed by atoms with E-state index in [9.17, 15) is 8.42 Å². The number of aryl methyl sites for hydroxylation is 1. The maximum atomic E-state index is 12.8. The topological polar surface area (TPSA) is 129 Å². The first-order valence-corrected chi connectivity index (χ1v) is 16.7. The van der Waals surface area contributed by atoms with Gasteiger partial charge in [-0.3, -0.25) is 14.3 Å². The number of anilines is 6. The smallest absolute Gasteiger partial charge is 0.232 e. The fourth-order valence-electron chi connectivity index (χ4n) is 5.20. The SMILES string of the molecule is CCc1cc(Nc2ncc(Br)c(Nc3ccc4nccnc4c3N(CC)S(C)(=O)=O)n2)c(OC)cc1N1CCN(C)CC1. The molecule has 0 bridgehead atoms. The fraction of sp³-hybridized carbons (Fsp3) is 0.379. The summed E-state index contributed by atoms with van der Waals surface area (Å²) in [6.07, 6.45) is 6.78. The second kappa shape index (κ2) is 12.9. The molecular formula is C29H36BrN9O3S. The summed E-state index contributed by atoms with van der Waals surface area (Å²) in [5, 5.41) is 6.63. The van der Waals surface area contributed by atoms with E-state index in [0.717, 1.165) is 38.3 Å². The molecule has 0 radical (unpaired) electrons. The average molecular weight is 671 g/mol. The molecule has 3 heterocycles. The lowest BCUT2D eigenvalue weighted by Gasteiger charge is -2.35. The van der Waals surface area contributed by atoms with Gasteiger partial charge in [-0.25, -0.2) is 13.4 Å². The lowest BCUT2D eigenvalue weighted by atomic mass is 10.1. The molecule has 43 heavy (non-hydrogen) atoms. The molecule has 0 aliphatic carbocycles. The second-order valence-corrected chi connectivity index (χ2v) is 13.0. The summed E-state index contributed by atoms with van der Waals surface area (Å²) in [7, 11) is 0.187. The highest BCUT2D eigenvalue weighted by molar-refractivity contribution is 9.10. The molecule has 2 aromatic heterocycles. The normalized spacial score (nSPS) is 14.1. The third-order valence-electron chi connectivity index (χ3n) is 7.42. The van der Waals surface area contributed by atoms with Crippen LogP contribution in [-0.4, -0.2) is 86.4 Å². The predicted octanol–water partition coefficient (Wildman–Crippen LogP) is 4.78. The molecule has 1 aliphatic heterocycles. The summed E-state index contributed by atoms with van der Waals surface area (Å²) >= 11 is 3.54. The van der Waals surface area contributed by atoms with Crippen molar-refractivity contribution in [3.63, 3.8) is 0 Å². The van der Waals surface area contributed by atoms with Gasteiger partial charge in [0.15, 0.2) is 0 Å². The number of ether oxygens (including phenoxy) is 1. The molecule has 1 saturated heterocycles. The van der Waals surface area contributed by atoms with Crippen molar-refractivity contribution in [2.75, 3.05) is 73.0 Å². The minimum atomic E-state index is -3.61. The molecule has 0 unspecified atom stereocenters. The standard InChI is InChI=1S/C29H36BrN9O3S/c1-6-19-16-23(25(42-4)17-24(19)38-14-12-37(3)13-15-38)35-29-33-18-20(30)28(36-29)34-22-9-8-21-26(32-11-10-31-21)27(22)39(7-2)43(5,40)41/h8-11,16-18H,6-7,12-15H2,1-5H3,(H2,33,34,35,36). The Morgan fingerprint density at radius 3 is 2.44 bits per heavy atom.